The Bertz CT molecular complexity index is 697. The zero-order chi connectivity index (χ0) is 14.4. The summed E-state index contributed by atoms with van der Waals surface area (Å²) in [6, 6.07) is 0. The molecule has 0 aliphatic carbocycles. The van der Waals surface area contributed by atoms with Crippen LogP contribution in [0, 0.1) is 0 Å². The van der Waals surface area contributed by atoms with Gasteiger partial charge in [0, 0.05) is 0 Å². The Kier molecular flexibility index (Phi) is 2.94. The zero-order valence-corrected chi connectivity index (χ0v) is 10.2. The molecular formula is C10H13N5O5. The van der Waals surface area contributed by atoms with Crippen molar-refractivity contribution in [1.29, 1.82) is 0 Å². The Labute approximate surface area is 111 Å². The molecule has 0 saturated carbocycles. The van der Waals surface area contributed by atoms with Gasteiger partial charge in [-0.15, -0.1) is 0 Å². The largest absolute Gasteiger partial charge is 0.394 e. The minimum Gasteiger partial charge on any atom is -0.394 e. The van der Waals surface area contributed by atoms with Gasteiger partial charge in [0.2, 0.25) is 5.95 Å². The van der Waals surface area contributed by atoms with Crippen LogP contribution in [0.4, 0.5) is 5.95 Å². The number of hydrogen-bond acceptors (Lipinski definition) is 8. The van der Waals surface area contributed by atoms with Crippen LogP contribution in [0.25, 0.3) is 11.2 Å². The second kappa shape index (κ2) is 4.52. The number of fused-ring (bicyclic) bond motifs is 1. The van der Waals surface area contributed by atoms with Gasteiger partial charge in [-0.1, -0.05) is 0 Å². The number of aromatic amines is 1. The molecule has 3 heterocycles. The fourth-order valence-corrected chi connectivity index (χ4v) is 2.24. The molecule has 0 spiro atoms. The van der Waals surface area contributed by atoms with Crippen LogP contribution >= 0.6 is 0 Å². The van der Waals surface area contributed by atoms with Crippen molar-refractivity contribution in [3.63, 3.8) is 0 Å². The minimum absolute atomic E-state index is 0.0388. The molecule has 4 atom stereocenters. The van der Waals surface area contributed by atoms with Crippen LogP contribution in [0.1, 0.15) is 6.23 Å². The number of nitrogens with two attached hydrogens (primary N) is 1. The van der Waals surface area contributed by atoms with Gasteiger partial charge in [-0.3, -0.25) is 14.3 Å². The lowest BCUT2D eigenvalue weighted by Crippen LogP contribution is -2.33. The lowest BCUT2D eigenvalue weighted by atomic mass is 10.1. The number of imidazole rings is 1. The van der Waals surface area contributed by atoms with E-state index in [1.54, 1.807) is 0 Å². The number of nitrogens with zero attached hydrogens (tertiary/aromatic N) is 3. The molecule has 6 N–H and O–H groups in total. The summed E-state index contributed by atoms with van der Waals surface area (Å²) >= 11 is 0. The highest BCUT2D eigenvalue weighted by Crippen LogP contribution is 2.30. The zero-order valence-electron chi connectivity index (χ0n) is 10.2. The third-order valence-electron chi connectivity index (χ3n) is 3.24. The fourth-order valence-electron chi connectivity index (χ4n) is 2.24. The monoisotopic (exact) mass is 283 g/mol. The van der Waals surface area contributed by atoms with E-state index in [0.29, 0.717) is 0 Å². The Balaban J connectivity index is 2.09. The summed E-state index contributed by atoms with van der Waals surface area (Å²) in [6.07, 6.45) is -3.21. The summed E-state index contributed by atoms with van der Waals surface area (Å²) in [5.41, 5.74) is 5.12. The Morgan fingerprint density at radius 2 is 2.20 bits per heavy atom. The molecule has 108 valence electrons. The molecule has 10 heteroatoms. The van der Waals surface area contributed by atoms with Gasteiger partial charge in [-0.25, -0.2) is 4.98 Å². The van der Waals surface area contributed by atoms with Crippen molar-refractivity contribution in [1.82, 2.24) is 19.5 Å². The number of aromatic nitrogens is 4. The summed E-state index contributed by atoms with van der Waals surface area (Å²) in [6.45, 7) is -0.447. The average molecular weight is 283 g/mol. The van der Waals surface area contributed by atoms with Crippen LogP contribution in [0.5, 0.6) is 0 Å². The molecule has 2 aromatic rings. The van der Waals surface area contributed by atoms with Crippen molar-refractivity contribution in [3.05, 3.63) is 16.7 Å². The fraction of sp³-hybridized carbons (Fsp3) is 0.500. The van der Waals surface area contributed by atoms with Gasteiger partial charge < -0.3 is 25.8 Å². The maximum Gasteiger partial charge on any atom is 0.280 e. The average Bonchev–Trinajstić information content (AvgIpc) is 2.93. The van der Waals surface area contributed by atoms with Gasteiger partial charge in [0.15, 0.2) is 17.4 Å². The van der Waals surface area contributed by atoms with Gasteiger partial charge in [0.05, 0.1) is 12.9 Å². The smallest absolute Gasteiger partial charge is 0.280 e. The Hall–Kier alpha value is -2.01. The van der Waals surface area contributed by atoms with Crippen LogP contribution in [-0.4, -0.2) is 59.8 Å². The first-order chi connectivity index (χ1) is 9.52. The number of anilines is 1. The highest BCUT2D eigenvalue weighted by atomic mass is 16.6. The quantitative estimate of drug-likeness (QED) is 0.398. The first-order valence-electron chi connectivity index (χ1n) is 5.87. The maximum atomic E-state index is 11.7. The summed E-state index contributed by atoms with van der Waals surface area (Å²) in [5.74, 6) is -0.101. The standard InChI is InChI=1S/C10H13N5O5/c11-10-13-7-4(8(19)14-10)12-2-15(7)9-6(18)5(17)3(1-16)20-9/h2-3,5-6,9,16-18H,1H2,(H3,11,13,14,19)/t3-,5?,6-,9-/m0/s1. The summed E-state index contributed by atoms with van der Waals surface area (Å²) < 4.78 is 6.64. The second-order valence-corrected chi connectivity index (χ2v) is 4.50. The maximum absolute atomic E-state index is 11.7. The summed E-state index contributed by atoms with van der Waals surface area (Å²) in [4.78, 5) is 21.8. The van der Waals surface area contributed by atoms with E-state index in [2.05, 4.69) is 15.0 Å². The number of H-pyrrole nitrogens is 1. The molecule has 0 radical (unpaired) electrons. The van der Waals surface area contributed by atoms with E-state index in [4.69, 9.17) is 15.6 Å². The second-order valence-electron chi connectivity index (χ2n) is 4.50. The van der Waals surface area contributed by atoms with Crippen LogP contribution in [0.3, 0.4) is 0 Å². The third-order valence-corrected chi connectivity index (χ3v) is 3.24. The lowest BCUT2D eigenvalue weighted by molar-refractivity contribution is -0.0511. The molecule has 1 aliphatic heterocycles. The first-order valence-corrected chi connectivity index (χ1v) is 5.87. The van der Waals surface area contributed by atoms with E-state index in [1.165, 1.54) is 10.9 Å². The molecule has 1 aliphatic rings. The van der Waals surface area contributed by atoms with E-state index in [-0.39, 0.29) is 17.1 Å². The number of nitrogen functional groups attached to an aromatic ring is 1. The third kappa shape index (κ3) is 1.78. The number of hydrogen-bond donors (Lipinski definition) is 5. The summed E-state index contributed by atoms with van der Waals surface area (Å²) in [7, 11) is 0. The molecule has 20 heavy (non-hydrogen) atoms. The van der Waals surface area contributed by atoms with E-state index >= 15 is 0 Å². The molecule has 1 saturated heterocycles. The summed E-state index contributed by atoms with van der Waals surface area (Å²) in [5, 5.41) is 28.7. The molecule has 1 unspecified atom stereocenters. The van der Waals surface area contributed by atoms with Crippen molar-refractivity contribution in [2.24, 2.45) is 0 Å². The Morgan fingerprint density at radius 1 is 1.45 bits per heavy atom. The molecule has 10 nitrogen and oxygen atoms in total. The Morgan fingerprint density at radius 3 is 2.85 bits per heavy atom. The van der Waals surface area contributed by atoms with Gasteiger partial charge >= 0.3 is 0 Å². The van der Waals surface area contributed by atoms with E-state index in [9.17, 15) is 15.0 Å². The number of nitrogens with one attached hydrogen (secondary N) is 1. The van der Waals surface area contributed by atoms with Crippen LogP contribution < -0.4 is 11.3 Å². The highest BCUT2D eigenvalue weighted by molar-refractivity contribution is 5.70. The first kappa shape index (κ1) is 13.0. The predicted octanol–water partition coefficient (Wildman–Crippen LogP) is -2.69. The van der Waals surface area contributed by atoms with Crippen LogP contribution in [0.2, 0.25) is 0 Å². The van der Waals surface area contributed by atoms with Crippen molar-refractivity contribution >= 4 is 17.1 Å². The van der Waals surface area contributed by atoms with Crippen molar-refractivity contribution in [2.45, 2.75) is 24.5 Å². The van der Waals surface area contributed by atoms with Gasteiger partial charge in [-0.05, 0) is 0 Å². The van der Waals surface area contributed by atoms with E-state index in [0.717, 1.165) is 0 Å². The normalized spacial score (nSPS) is 30.1. The van der Waals surface area contributed by atoms with Gasteiger partial charge in [-0.2, -0.15) is 4.98 Å². The van der Waals surface area contributed by atoms with Gasteiger partial charge in [0.25, 0.3) is 5.56 Å². The number of ether oxygens (including phenoxy) is 1. The highest BCUT2D eigenvalue weighted by Gasteiger charge is 2.44. The molecule has 2 aromatic heterocycles. The molecule has 0 aromatic carbocycles. The van der Waals surface area contributed by atoms with Crippen molar-refractivity contribution < 1.29 is 20.1 Å². The molecule has 3 rings (SSSR count). The number of rotatable bonds is 2. The molecule has 0 amide bonds. The van der Waals surface area contributed by atoms with Crippen LogP contribution in [-0.2, 0) is 4.74 Å². The topological polar surface area (TPSA) is 160 Å². The molecular weight excluding hydrogens is 270 g/mol. The van der Waals surface area contributed by atoms with Crippen molar-refractivity contribution in [2.75, 3.05) is 12.3 Å². The van der Waals surface area contributed by atoms with Crippen molar-refractivity contribution in [3.8, 4) is 0 Å². The van der Waals surface area contributed by atoms with Crippen LogP contribution in [0.15, 0.2) is 11.1 Å². The molecule has 0 bridgehead atoms. The minimum atomic E-state index is -1.29. The number of aliphatic hydroxyl groups excluding tert-OH is 3. The SMILES string of the molecule is Nc1nc2c(ncn2[C@H]2O[C@@H](CO)C(O)[C@@H]2O)c(=O)[nH]1. The lowest BCUT2D eigenvalue weighted by Gasteiger charge is -2.16. The number of aliphatic hydroxyl groups is 3. The predicted molar refractivity (Wildman–Crippen MR) is 65.6 cm³/mol. The van der Waals surface area contributed by atoms with E-state index < -0.39 is 36.7 Å². The van der Waals surface area contributed by atoms with E-state index in [1.807, 2.05) is 0 Å². The molecule has 1 fully saturated rings. The van der Waals surface area contributed by atoms with Gasteiger partial charge in [0.1, 0.15) is 18.3 Å².